The van der Waals surface area contributed by atoms with Gasteiger partial charge in [0.25, 0.3) is 0 Å². The standard InChI is InChI=1S/C7H9FN2/c8-7(5-9)6-1-3-10-4-2-6/h1-4,7H,5,9H2. The van der Waals surface area contributed by atoms with Crippen LogP contribution in [0.2, 0.25) is 0 Å². The second-order valence-electron chi connectivity index (χ2n) is 1.98. The Balaban J connectivity index is 2.75. The van der Waals surface area contributed by atoms with Gasteiger partial charge in [-0.2, -0.15) is 0 Å². The highest BCUT2D eigenvalue weighted by atomic mass is 19.1. The zero-order valence-electron chi connectivity index (χ0n) is 5.50. The maximum atomic E-state index is 12.7. The molecule has 10 heavy (non-hydrogen) atoms. The first-order chi connectivity index (χ1) is 4.84. The first-order valence-electron chi connectivity index (χ1n) is 3.08. The summed E-state index contributed by atoms with van der Waals surface area (Å²) in [6.07, 6.45) is 2.05. The van der Waals surface area contributed by atoms with E-state index in [1.807, 2.05) is 0 Å². The van der Waals surface area contributed by atoms with Gasteiger partial charge in [0.15, 0.2) is 0 Å². The molecule has 2 N–H and O–H groups in total. The highest BCUT2D eigenvalue weighted by Crippen LogP contribution is 2.13. The van der Waals surface area contributed by atoms with Gasteiger partial charge in [0, 0.05) is 18.9 Å². The summed E-state index contributed by atoms with van der Waals surface area (Å²) >= 11 is 0. The lowest BCUT2D eigenvalue weighted by molar-refractivity contribution is 0.352. The molecule has 0 radical (unpaired) electrons. The number of aromatic nitrogens is 1. The summed E-state index contributed by atoms with van der Waals surface area (Å²) in [5, 5.41) is 0. The van der Waals surface area contributed by atoms with Crippen molar-refractivity contribution in [2.75, 3.05) is 6.54 Å². The molecule has 0 amide bonds. The number of pyridine rings is 1. The Bertz CT molecular complexity index is 188. The third-order valence-corrected chi connectivity index (χ3v) is 1.27. The third-order valence-electron chi connectivity index (χ3n) is 1.27. The molecule has 54 valence electrons. The summed E-state index contributed by atoms with van der Waals surface area (Å²) < 4.78 is 12.7. The summed E-state index contributed by atoms with van der Waals surface area (Å²) in [4.78, 5) is 3.75. The van der Waals surface area contributed by atoms with E-state index in [9.17, 15) is 4.39 Å². The van der Waals surface area contributed by atoms with E-state index in [0.29, 0.717) is 5.56 Å². The van der Waals surface area contributed by atoms with Crippen LogP contribution in [0.1, 0.15) is 11.7 Å². The first-order valence-corrected chi connectivity index (χ1v) is 3.08. The molecule has 0 spiro atoms. The second kappa shape index (κ2) is 3.27. The van der Waals surface area contributed by atoms with Crippen molar-refractivity contribution in [1.29, 1.82) is 0 Å². The Morgan fingerprint density at radius 3 is 2.60 bits per heavy atom. The molecular weight excluding hydrogens is 131 g/mol. The largest absolute Gasteiger partial charge is 0.327 e. The SMILES string of the molecule is NCC(F)c1ccncc1. The van der Waals surface area contributed by atoms with Crippen molar-refractivity contribution >= 4 is 0 Å². The molecule has 1 atom stereocenters. The average molecular weight is 140 g/mol. The molecule has 0 aliphatic heterocycles. The molecule has 0 bridgehead atoms. The Morgan fingerprint density at radius 1 is 1.50 bits per heavy atom. The molecule has 1 heterocycles. The summed E-state index contributed by atoms with van der Waals surface area (Å²) in [7, 11) is 0. The predicted molar refractivity (Wildman–Crippen MR) is 37.1 cm³/mol. The molecule has 3 heteroatoms. The maximum Gasteiger partial charge on any atom is 0.137 e. The summed E-state index contributed by atoms with van der Waals surface area (Å²) in [6.45, 7) is 0.0318. The van der Waals surface area contributed by atoms with Crippen molar-refractivity contribution in [3.63, 3.8) is 0 Å². The fourth-order valence-corrected chi connectivity index (χ4v) is 0.708. The number of halogens is 1. The minimum atomic E-state index is -1.05. The quantitative estimate of drug-likeness (QED) is 0.666. The molecule has 1 aromatic heterocycles. The maximum absolute atomic E-state index is 12.7. The molecular formula is C7H9FN2. The van der Waals surface area contributed by atoms with Crippen LogP contribution in [0.4, 0.5) is 4.39 Å². The zero-order valence-corrected chi connectivity index (χ0v) is 5.50. The van der Waals surface area contributed by atoms with Gasteiger partial charge in [0.1, 0.15) is 6.17 Å². The van der Waals surface area contributed by atoms with E-state index in [2.05, 4.69) is 4.98 Å². The van der Waals surface area contributed by atoms with Crippen LogP contribution in [0.3, 0.4) is 0 Å². The minimum absolute atomic E-state index is 0.0318. The predicted octanol–water partition coefficient (Wildman–Crippen LogP) is 1.05. The van der Waals surface area contributed by atoms with Crippen molar-refractivity contribution in [2.45, 2.75) is 6.17 Å². The van der Waals surface area contributed by atoms with Gasteiger partial charge < -0.3 is 5.73 Å². The van der Waals surface area contributed by atoms with Crippen LogP contribution in [0.15, 0.2) is 24.5 Å². The van der Waals surface area contributed by atoms with Crippen LogP contribution in [0, 0.1) is 0 Å². The van der Waals surface area contributed by atoms with Crippen LogP contribution in [0.5, 0.6) is 0 Å². The van der Waals surface area contributed by atoms with E-state index in [1.165, 1.54) is 0 Å². The van der Waals surface area contributed by atoms with Crippen molar-refractivity contribution in [3.8, 4) is 0 Å². The molecule has 0 fully saturated rings. The monoisotopic (exact) mass is 140 g/mol. The van der Waals surface area contributed by atoms with E-state index in [0.717, 1.165) is 0 Å². The molecule has 0 aliphatic rings. The number of hydrogen-bond acceptors (Lipinski definition) is 2. The van der Waals surface area contributed by atoms with Gasteiger partial charge in [-0.05, 0) is 17.7 Å². The van der Waals surface area contributed by atoms with Crippen LogP contribution in [0.25, 0.3) is 0 Å². The topological polar surface area (TPSA) is 38.9 Å². The van der Waals surface area contributed by atoms with Crippen molar-refractivity contribution < 1.29 is 4.39 Å². The summed E-state index contributed by atoms with van der Waals surface area (Å²) in [5.41, 5.74) is 5.70. The van der Waals surface area contributed by atoms with E-state index < -0.39 is 6.17 Å². The fraction of sp³-hybridized carbons (Fsp3) is 0.286. The lowest BCUT2D eigenvalue weighted by Crippen LogP contribution is -2.07. The Morgan fingerprint density at radius 2 is 2.10 bits per heavy atom. The molecule has 1 unspecified atom stereocenters. The molecule has 1 aromatic rings. The van der Waals surface area contributed by atoms with Gasteiger partial charge in [0.05, 0.1) is 0 Å². The third kappa shape index (κ3) is 1.51. The van der Waals surface area contributed by atoms with Crippen molar-refractivity contribution in [1.82, 2.24) is 4.98 Å². The Kier molecular flexibility index (Phi) is 2.34. The smallest absolute Gasteiger partial charge is 0.137 e. The Hall–Kier alpha value is -0.960. The zero-order chi connectivity index (χ0) is 7.40. The summed E-state index contributed by atoms with van der Waals surface area (Å²) in [6, 6.07) is 3.25. The number of alkyl halides is 1. The lowest BCUT2D eigenvalue weighted by Gasteiger charge is -2.02. The van der Waals surface area contributed by atoms with Gasteiger partial charge >= 0.3 is 0 Å². The highest BCUT2D eigenvalue weighted by molar-refractivity contribution is 5.13. The van der Waals surface area contributed by atoms with Crippen LogP contribution >= 0.6 is 0 Å². The first kappa shape index (κ1) is 7.15. The summed E-state index contributed by atoms with van der Waals surface area (Å²) in [5.74, 6) is 0. The molecule has 1 rings (SSSR count). The minimum Gasteiger partial charge on any atom is -0.327 e. The van der Waals surface area contributed by atoms with Gasteiger partial charge in [-0.25, -0.2) is 4.39 Å². The van der Waals surface area contributed by atoms with Crippen LogP contribution < -0.4 is 5.73 Å². The van der Waals surface area contributed by atoms with Crippen molar-refractivity contribution in [2.24, 2.45) is 5.73 Å². The second-order valence-corrected chi connectivity index (χ2v) is 1.98. The highest BCUT2D eigenvalue weighted by Gasteiger charge is 2.04. The van der Waals surface area contributed by atoms with Gasteiger partial charge in [-0.1, -0.05) is 0 Å². The van der Waals surface area contributed by atoms with E-state index in [1.54, 1.807) is 24.5 Å². The van der Waals surface area contributed by atoms with Crippen molar-refractivity contribution in [3.05, 3.63) is 30.1 Å². The molecule has 2 nitrogen and oxygen atoms in total. The number of nitrogens with two attached hydrogens (primary N) is 1. The van der Waals surface area contributed by atoms with Gasteiger partial charge in [0.2, 0.25) is 0 Å². The molecule has 0 aliphatic carbocycles. The number of nitrogens with zero attached hydrogens (tertiary/aromatic N) is 1. The lowest BCUT2D eigenvalue weighted by atomic mass is 10.2. The number of rotatable bonds is 2. The molecule has 0 saturated carbocycles. The van der Waals surface area contributed by atoms with E-state index in [4.69, 9.17) is 5.73 Å². The number of hydrogen-bond donors (Lipinski definition) is 1. The van der Waals surface area contributed by atoms with Crippen LogP contribution in [-0.2, 0) is 0 Å². The van der Waals surface area contributed by atoms with E-state index in [-0.39, 0.29) is 6.54 Å². The van der Waals surface area contributed by atoms with Gasteiger partial charge in [-0.15, -0.1) is 0 Å². The Labute approximate surface area is 58.9 Å². The van der Waals surface area contributed by atoms with Gasteiger partial charge in [-0.3, -0.25) is 4.98 Å². The van der Waals surface area contributed by atoms with E-state index >= 15 is 0 Å². The molecule has 0 saturated heterocycles. The molecule has 0 aromatic carbocycles. The normalized spacial score (nSPS) is 13.0. The average Bonchev–Trinajstić information content (AvgIpc) is 2.05. The fourth-order valence-electron chi connectivity index (χ4n) is 0.708. The van der Waals surface area contributed by atoms with Crippen LogP contribution in [-0.4, -0.2) is 11.5 Å².